The van der Waals surface area contributed by atoms with E-state index in [2.05, 4.69) is 12.0 Å². The number of carbonyl (C=O) groups excluding carboxylic acids is 1. The van der Waals surface area contributed by atoms with E-state index in [-0.39, 0.29) is 11.6 Å². The number of rotatable bonds is 3. The smallest absolute Gasteiger partial charge is 0.277 e. The molecule has 3 rings (SSSR count). The van der Waals surface area contributed by atoms with Crippen LogP contribution in [0.15, 0.2) is 55.1 Å². The van der Waals surface area contributed by atoms with E-state index in [1.165, 1.54) is 17.1 Å². The minimum absolute atomic E-state index is 0.00425. The molecule has 1 heterocycles. The monoisotopic (exact) mass is 281 g/mol. The first-order valence-electron chi connectivity index (χ1n) is 6.22. The molecule has 1 N–H and O–H groups in total. The van der Waals surface area contributed by atoms with Gasteiger partial charge in [-0.2, -0.15) is 0 Å². The number of benzene rings is 2. The molecule has 0 unspecified atom stereocenters. The summed E-state index contributed by atoms with van der Waals surface area (Å²) in [4.78, 5) is 22.4. The molecular weight excluding hydrogens is 270 g/mol. The summed E-state index contributed by atoms with van der Waals surface area (Å²) in [6, 6.07) is 13.0. The molecule has 0 fully saturated rings. The molecule has 0 atom stereocenters. The quantitative estimate of drug-likeness (QED) is 0.693. The molecule has 0 radical (unpaired) electrons. The summed E-state index contributed by atoms with van der Waals surface area (Å²) in [5, 5.41) is 12.0. The number of nitro benzene ring substituents is 1. The second kappa shape index (κ2) is 4.75. The highest BCUT2D eigenvalue weighted by Crippen LogP contribution is 2.31. The molecule has 1 amide bonds. The van der Waals surface area contributed by atoms with Gasteiger partial charge < -0.3 is 0 Å². The number of nitrogens with one attached hydrogen (secondary N) is 1. The summed E-state index contributed by atoms with van der Waals surface area (Å²) in [7, 11) is 0. The Morgan fingerprint density at radius 3 is 2.24 bits per heavy atom. The number of fused-ring (bicyclic) bond motifs is 1. The third-order valence-corrected chi connectivity index (χ3v) is 3.26. The topological polar surface area (TPSA) is 75.5 Å². The van der Waals surface area contributed by atoms with E-state index < -0.39 is 4.92 Å². The minimum atomic E-state index is -0.473. The molecule has 6 heteroatoms. The standard InChI is InChI=1S/C15H11N3O3/c1-10-13-4-2-3-5-14(13)15(19)17(10)16-11-6-8-12(9-7-11)18(20)21/h2-9,16H,1H2. The zero-order valence-electron chi connectivity index (χ0n) is 10.9. The zero-order valence-corrected chi connectivity index (χ0v) is 10.9. The lowest BCUT2D eigenvalue weighted by molar-refractivity contribution is -0.384. The van der Waals surface area contributed by atoms with Gasteiger partial charge >= 0.3 is 0 Å². The number of non-ortho nitro benzene ring substituents is 1. The summed E-state index contributed by atoms with van der Waals surface area (Å²) in [5.41, 5.74) is 5.39. The summed E-state index contributed by atoms with van der Waals surface area (Å²) < 4.78 is 0. The van der Waals surface area contributed by atoms with Crippen molar-refractivity contribution in [3.05, 3.63) is 76.4 Å². The van der Waals surface area contributed by atoms with Crippen molar-refractivity contribution in [2.45, 2.75) is 0 Å². The van der Waals surface area contributed by atoms with E-state index >= 15 is 0 Å². The Hall–Kier alpha value is -3.15. The number of hydrogen-bond acceptors (Lipinski definition) is 4. The first-order valence-corrected chi connectivity index (χ1v) is 6.22. The molecule has 0 saturated carbocycles. The molecular formula is C15H11N3O3. The largest absolute Gasteiger partial charge is 0.291 e. The van der Waals surface area contributed by atoms with Crippen LogP contribution in [0.1, 0.15) is 15.9 Å². The highest BCUT2D eigenvalue weighted by atomic mass is 16.6. The third-order valence-electron chi connectivity index (χ3n) is 3.26. The highest BCUT2D eigenvalue weighted by Gasteiger charge is 2.30. The van der Waals surface area contributed by atoms with Crippen molar-refractivity contribution >= 4 is 23.0 Å². The van der Waals surface area contributed by atoms with Gasteiger partial charge in [-0.25, -0.2) is 5.01 Å². The van der Waals surface area contributed by atoms with E-state index in [1.807, 2.05) is 12.1 Å². The van der Waals surface area contributed by atoms with Gasteiger partial charge in [-0.3, -0.25) is 20.3 Å². The van der Waals surface area contributed by atoms with Crippen molar-refractivity contribution in [2.75, 3.05) is 5.43 Å². The van der Waals surface area contributed by atoms with Gasteiger partial charge in [0.25, 0.3) is 11.6 Å². The van der Waals surface area contributed by atoms with Crippen LogP contribution in [0, 0.1) is 10.1 Å². The molecule has 0 aliphatic carbocycles. The molecule has 0 spiro atoms. The van der Waals surface area contributed by atoms with Crippen LogP contribution in [0.5, 0.6) is 0 Å². The molecule has 1 aliphatic heterocycles. The second-order valence-electron chi connectivity index (χ2n) is 4.55. The molecule has 2 aromatic carbocycles. The predicted molar refractivity (Wildman–Crippen MR) is 78.4 cm³/mol. The van der Waals surface area contributed by atoms with Gasteiger partial charge in [0.15, 0.2) is 0 Å². The van der Waals surface area contributed by atoms with Gasteiger partial charge in [-0.05, 0) is 18.2 Å². The van der Waals surface area contributed by atoms with Crippen molar-refractivity contribution < 1.29 is 9.72 Å². The lowest BCUT2D eigenvalue weighted by Gasteiger charge is -2.19. The molecule has 0 aromatic heterocycles. The highest BCUT2D eigenvalue weighted by molar-refractivity contribution is 6.09. The fraction of sp³-hybridized carbons (Fsp3) is 0. The first kappa shape index (κ1) is 12.9. The molecule has 2 aromatic rings. The second-order valence-corrected chi connectivity index (χ2v) is 4.55. The van der Waals surface area contributed by atoms with Crippen LogP contribution in [0.4, 0.5) is 11.4 Å². The SMILES string of the molecule is C=C1c2ccccc2C(=O)N1Nc1ccc([N+](=O)[O-])cc1. The van der Waals surface area contributed by atoms with Crippen LogP contribution < -0.4 is 5.43 Å². The van der Waals surface area contributed by atoms with Gasteiger partial charge in [0.1, 0.15) is 0 Å². The summed E-state index contributed by atoms with van der Waals surface area (Å²) in [6.45, 7) is 3.90. The van der Waals surface area contributed by atoms with Gasteiger partial charge in [-0.15, -0.1) is 0 Å². The van der Waals surface area contributed by atoms with Crippen LogP contribution in [-0.2, 0) is 0 Å². The molecule has 6 nitrogen and oxygen atoms in total. The van der Waals surface area contributed by atoms with Crippen LogP contribution in [0.25, 0.3) is 5.70 Å². The number of hydrazine groups is 1. The van der Waals surface area contributed by atoms with E-state index in [1.54, 1.807) is 24.3 Å². The maximum atomic E-state index is 12.3. The third kappa shape index (κ3) is 2.12. The average molecular weight is 281 g/mol. The van der Waals surface area contributed by atoms with Crippen molar-refractivity contribution in [1.82, 2.24) is 5.01 Å². The Morgan fingerprint density at radius 2 is 1.67 bits per heavy atom. The molecule has 0 saturated heterocycles. The summed E-state index contributed by atoms with van der Waals surface area (Å²) >= 11 is 0. The first-order chi connectivity index (χ1) is 10.1. The molecule has 0 bridgehead atoms. The Morgan fingerprint density at radius 1 is 1.05 bits per heavy atom. The fourth-order valence-corrected chi connectivity index (χ4v) is 2.19. The van der Waals surface area contributed by atoms with E-state index in [0.29, 0.717) is 16.9 Å². The number of nitrogens with zero attached hydrogens (tertiary/aromatic N) is 2. The maximum absolute atomic E-state index is 12.3. The summed E-state index contributed by atoms with van der Waals surface area (Å²) in [5.74, 6) is -0.200. The summed E-state index contributed by atoms with van der Waals surface area (Å²) in [6.07, 6.45) is 0. The lowest BCUT2D eigenvalue weighted by atomic mass is 10.1. The maximum Gasteiger partial charge on any atom is 0.277 e. The van der Waals surface area contributed by atoms with Crippen molar-refractivity contribution in [2.24, 2.45) is 0 Å². The van der Waals surface area contributed by atoms with Gasteiger partial charge in [0.05, 0.1) is 21.9 Å². The van der Waals surface area contributed by atoms with E-state index in [9.17, 15) is 14.9 Å². The number of nitro groups is 1. The predicted octanol–water partition coefficient (Wildman–Crippen LogP) is 3.05. The normalized spacial score (nSPS) is 13.2. The lowest BCUT2D eigenvalue weighted by Crippen LogP contribution is -2.29. The van der Waals surface area contributed by atoms with Gasteiger partial charge in [0, 0.05) is 17.7 Å². The fourth-order valence-electron chi connectivity index (χ4n) is 2.19. The van der Waals surface area contributed by atoms with Crippen molar-refractivity contribution in [3.63, 3.8) is 0 Å². The minimum Gasteiger partial charge on any atom is -0.291 e. The van der Waals surface area contributed by atoms with E-state index in [4.69, 9.17) is 0 Å². The van der Waals surface area contributed by atoms with Crippen LogP contribution in [-0.4, -0.2) is 15.8 Å². The Bertz CT molecular complexity index is 718. The zero-order chi connectivity index (χ0) is 15.0. The van der Waals surface area contributed by atoms with Crippen molar-refractivity contribution in [3.8, 4) is 0 Å². The van der Waals surface area contributed by atoms with Crippen molar-refractivity contribution in [1.29, 1.82) is 0 Å². The van der Waals surface area contributed by atoms with Crippen LogP contribution in [0.2, 0.25) is 0 Å². The molecule has 21 heavy (non-hydrogen) atoms. The number of anilines is 1. The van der Waals surface area contributed by atoms with E-state index in [0.717, 1.165) is 5.56 Å². The number of hydrogen-bond donors (Lipinski definition) is 1. The van der Waals surface area contributed by atoms with Crippen LogP contribution in [0.3, 0.4) is 0 Å². The van der Waals surface area contributed by atoms with Gasteiger partial charge in [0.2, 0.25) is 0 Å². The number of amides is 1. The Balaban J connectivity index is 1.85. The number of carbonyl (C=O) groups is 1. The van der Waals surface area contributed by atoms with Crippen LogP contribution >= 0.6 is 0 Å². The Labute approximate surface area is 120 Å². The molecule has 1 aliphatic rings. The Kier molecular flexibility index (Phi) is 2.91. The van der Waals surface area contributed by atoms with Gasteiger partial charge in [-0.1, -0.05) is 24.8 Å². The average Bonchev–Trinajstić information content (AvgIpc) is 2.73. The molecule has 104 valence electrons.